The maximum Gasteiger partial charge on any atom is 0.295 e. The van der Waals surface area contributed by atoms with Crippen LogP contribution >= 0.6 is 0 Å². The first-order valence-corrected chi connectivity index (χ1v) is 7.26. The summed E-state index contributed by atoms with van der Waals surface area (Å²) in [6.07, 6.45) is 0. The lowest BCUT2D eigenvalue weighted by atomic mass is 10.1. The van der Waals surface area contributed by atoms with Crippen LogP contribution in [0.25, 0.3) is 0 Å². The highest BCUT2D eigenvalue weighted by Crippen LogP contribution is 2.26. The molecule has 0 spiro atoms. The van der Waals surface area contributed by atoms with Crippen molar-refractivity contribution in [1.82, 2.24) is 10.0 Å². The first kappa shape index (κ1) is 16.8. The van der Waals surface area contributed by atoms with Crippen LogP contribution in [0.5, 0.6) is 0 Å². The van der Waals surface area contributed by atoms with E-state index in [1.165, 1.54) is 7.05 Å². The van der Waals surface area contributed by atoms with Crippen LogP contribution in [-0.4, -0.2) is 38.6 Å². The van der Waals surface area contributed by atoms with Gasteiger partial charge in [-0.05, 0) is 13.1 Å². The molecule has 21 heavy (non-hydrogen) atoms. The number of amides is 1. The van der Waals surface area contributed by atoms with Gasteiger partial charge in [-0.15, -0.1) is 0 Å². The normalized spacial score (nSPS) is 11.1. The number of hydrogen-bond donors (Lipinski definition) is 3. The Labute approximate surface area is 119 Å². The number of nitrogens with one attached hydrogen (secondary N) is 2. The topological polar surface area (TPSA) is 144 Å². The Morgan fingerprint density at radius 1 is 1.48 bits per heavy atom. The quantitative estimate of drug-likeness (QED) is 0.369. The lowest BCUT2D eigenvalue weighted by Crippen LogP contribution is -2.33. The molecule has 1 aromatic rings. The third kappa shape index (κ3) is 4.36. The van der Waals surface area contributed by atoms with Crippen molar-refractivity contribution in [2.45, 2.75) is 0 Å². The predicted octanol–water partition coefficient (Wildman–Crippen LogP) is -0.405. The molecule has 9 nitrogen and oxygen atoms in total. The van der Waals surface area contributed by atoms with Crippen molar-refractivity contribution in [3.8, 4) is 0 Å². The molecule has 1 amide bonds. The van der Waals surface area contributed by atoms with E-state index in [1.807, 2.05) is 4.72 Å². The number of nitrogens with two attached hydrogens (primary N) is 1. The zero-order chi connectivity index (χ0) is 16.2. The van der Waals surface area contributed by atoms with E-state index in [9.17, 15) is 27.7 Å². The summed E-state index contributed by atoms with van der Waals surface area (Å²) in [4.78, 5) is 21.5. The monoisotopic (exact) mass is 320 g/mol. The number of anilines is 1. The fourth-order valence-corrected chi connectivity index (χ4v) is 2.01. The van der Waals surface area contributed by atoms with Crippen molar-refractivity contribution in [2.24, 2.45) is 0 Å². The van der Waals surface area contributed by atoms with E-state index in [2.05, 4.69) is 5.32 Å². The van der Waals surface area contributed by atoms with E-state index in [-0.39, 0.29) is 6.54 Å². The third-order valence-electron chi connectivity index (χ3n) is 2.53. The van der Waals surface area contributed by atoms with E-state index >= 15 is 0 Å². The summed E-state index contributed by atoms with van der Waals surface area (Å²) in [6.45, 7) is -0.258. The Morgan fingerprint density at radius 3 is 2.62 bits per heavy atom. The molecule has 4 N–H and O–H groups in total. The summed E-state index contributed by atoms with van der Waals surface area (Å²) in [6, 6.07) is 1.34. The van der Waals surface area contributed by atoms with Gasteiger partial charge >= 0.3 is 0 Å². The summed E-state index contributed by atoms with van der Waals surface area (Å²) in [7, 11) is -2.30. The summed E-state index contributed by atoms with van der Waals surface area (Å²) in [5, 5.41) is 12.9. The van der Waals surface area contributed by atoms with Crippen LogP contribution in [0.4, 0.5) is 15.8 Å². The second-order valence-electron chi connectivity index (χ2n) is 3.92. The Morgan fingerprint density at radius 2 is 2.10 bits per heavy atom. The highest BCUT2D eigenvalue weighted by atomic mass is 32.2. The van der Waals surface area contributed by atoms with Gasteiger partial charge in [0.1, 0.15) is 11.5 Å². The molecule has 0 unspecified atom stereocenters. The molecule has 116 valence electrons. The Balaban J connectivity index is 2.91. The molecule has 0 aliphatic heterocycles. The van der Waals surface area contributed by atoms with Gasteiger partial charge in [0.25, 0.3) is 11.6 Å². The molecule has 0 aromatic heterocycles. The number of benzene rings is 1. The number of nitro benzene ring substituents is 1. The van der Waals surface area contributed by atoms with Gasteiger partial charge in [0.15, 0.2) is 0 Å². The molecular formula is C10H13FN4O5S. The number of nitrogens with zero attached hydrogens (tertiary/aromatic N) is 1. The van der Waals surface area contributed by atoms with E-state index in [0.29, 0.717) is 6.07 Å². The van der Waals surface area contributed by atoms with Gasteiger partial charge in [0, 0.05) is 6.54 Å². The molecule has 0 aliphatic carbocycles. The Kier molecular flexibility index (Phi) is 5.16. The first-order chi connectivity index (χ1) is 9.68. The summed E-state index contributed by atoms with van der Waals surface area (Å²) in [5.74, 6) is -2.29. The van der Waals surface area contributed by atoms with Crippen molar-refractivity contribution in [1.29, 1.82) is 0 Å². The van der Waals surface area contributed by atoms with E-state index in [1.54, 1.807) is 0 Å². The maximum atomic E-state index is 13.2. The van der Waals surface area contributed by atoms with E-state index in [4.69, 9.17) is 5.73 Å². The summed E-state index contributed by atoms with van der Waals surface area (Å²) >= 11 is 0. The molecule has 0 heterocycles. The highest BCUT2D eigenvalue weighted by Gasteiger charge is 2.21. The molecular weight excluding hydrogens is 307 g/mol. The number of nitrogen functional groups attached to an aromatic ring is 1. The minimum Gasteiger partial charge on any atom is -0.393 e. The number of carbonyl (C=O) groups is 1. The largest absolute Gasteiger partial charge is 0.393 e. The second kappa shape index (κ2) is 6.45. The SMILES string of the molecule is CNS(=O)(=O)CCNC(=O)c1cc(F)cc([N+](=O)[O-])c1N. The fourth-order valence-electron chi connectivity index (χ4n) is 1.44. The van der Waals surface area contributed by atoms with Gasteiger partial charge in [-0.1, -0.05) is 0 Å². The van der Waals surface area contributed by atoms with Gasteiger partial charge in [0.05, 0.1) is 22.3 Å². The lowest BCUT2D eigenvalue weighted by molar-refractivity contribution is -0.384. The molecule has 0 fully saturated rings. The lowest BCUT2D eigenvalue weighted by Gasteiger charge is -2.08. The zero-order valence-corrected chi connectivity index (χ0v) is 11.7. The zero-order valence-electron chi connectivity index (χ0n) is 10.9. The van der Waals surface area contributed by atoms with Gasteiger partial charge in [-0.25, -0.2) is 17.5 Å². The number of hydrogen-bond acceptors (Lipinski definition) is 6. The van der Waals surface area contributed by atoms with Crippen LogP contribution in [0.2, 0.25) is 0 Å². The molecule has 0 bridgehead atoms. The van der Waals surface area contributed by atoms with Crippen molar-refractivity contribution in [3.05, 3.63) is 33.6 Å². The Hall–Kier alpha value is -2.27. The van der Waals surface area contributed by atoms with Crippen molar-refractivity contribution < 1.29 is 22.5 Å². The van der Waals surface area contributed by atoms with Crippen LogP contribution in [-0.2, 0) is 10.0 Å². The van der Waals surface area contributed by atoms with E-state index in [0.717, 1.165) is 6.07 Å². The molecule has 0 radical (unpaired) electrons. The predicted molar refractivity (Wildman–Crippen MR) is 72.6 cm³/mol. The van der Waals surface area contributed by atoms with Crippen LogP contribution in [0, 0.1) is 15.9 Å². The van der Waals surface area contributed by atoms with Gasteiger partial charge < -0.3 is 11.1 Å². The van der Waals surface area contributed by atoms with Crippen molar-refractivity contribution >= 4 is 27.3 Å². The molecule has 0 atom stereocenters. The van der Waals surface area contributed by atoms with Crippen LogP contribution in [0.3, 0.4) is 0 Å². The second-order valence-corrected chi connectivity index (χ2v) is 5.97. The first-order valence-electron chi connectivity index (χ1n) is 5.60. The smallest absolute Gasteiger partial charge is 0.295 e. The van der Waals surface area contributed by atoms with Crippen molar-refractivity contribution in [2.75, 3.05) is 25.1 Å². The van der Waals surface area contributed by atoms with Crippen LogP contribution in [0.15, 0.2) is 12.1 Å². The molecule has 1 aromatic carbocycles. The fraction of sp³-hybridized carbons (Fsp3) is 0.300. The van der Waals surface area contributed by atoms with Gasteiger partial charge in [-0.3, -0.25) is 14.9 Å². The third-order valence-corrected chi connectivity index (χ3v) is 3.90. The molecule has 0 saturated heterocycles. The number of rotatable bonds is 6. The van der Waals surface area contributed by atoms with Crippen molar-refractivity contribution in [3.63, 3.8) is 0 Å². The molecule has 11 heteroatoms. The van der Waals surface area contributed by atoms with Crippen LogP contribution < -0.4 is 15.8 Å². The summed E-state index contributed by atoms with van der Waals surface area (Å²) in [5.41, 5.74) is 3.79. The minimum atomic E-state index is -3.52. The number of carbonyl (C=O) groups excluding carboxylic acids is 1. The molecule has 0 saturated carbocycles. The van der Waals surface area contributed by atoms with Crippen LogP contribution in [0.1, 0.15) is 10.4 Å². The standard InChI is InChI=1S/C10H13FN4O5S/c1-13-21(19,20)3-2-14-10(16)7-4-6(11)5-8(9(7)12)15(17)18/h4-5,13H,2-3,12H2,1H3,(H,14,16). The van der Waals surface area contributed by atoms with Gasteiger partial charge in [0.2, 0.25) is 10.0 Å². The number of nitro groups is 1. The highest BCUT2D eigenvalue weighted by molar-refractivity contribution is 7.89. The van der Waals surface area contributed by atoms with E-state index < -0.39 is 49.4 Å². The average molecular weight is 320 g/mol. The number of halogens is 1. The molecule has 1 rings (SSSR count). The number of sulfonamides is 1. The summed E-state index contributed by atoms with van der Waals surface area (Å²) < 4.78 is 37.6. The van der Waals surface area contributed by atoms with Gasteiger partial charge in [-0.2, -0.15) is 0 Å². The maximum absolute atomic E-state index is 13.2. The Bertz CT molecular complexity index is 676. The average Bonchev–Trinajstić information content (AvgIpc) is 2.40. The minimum absolute atomic E-state index is 0.258. The molecule has 0 aliphatic rings.